The molecule has 1 unspecified atom stereocenters. The van der Waals surface area contributed by atoms with E-state index in [2.05, 4.69) is 26.0 Å². The molecular weight excluding hydrogens is 182 g/mol. The number of benzene rings is 1. The van der Waals surface area contributed by atoms with Crippen LogP contribution in [0.1, 0.15) is 34.7 Å². The molecule has 1 aliphatic carbocycles. The molecule has 0 aromatic heterocycles. The lowest BCUT2D eigenvalue weighted by atomic mass is 9.98. The highest BCUT2D eigenvalue weighted by Gasteiger charge is 2.21. The van der Waals surface area contributed by atoms with Crippen LogP contribution in [0.15, 0.2) is 12.1 Å². The lowest BCUT2D eigenvalue weighted by Gasteiger charge is -2.10. The number of fused-ring (bicyclic) bond motifs is 1. The maximum absolute atomic E-state index is 6.02. The molecule has 0 saturated carbocycles. The molecule has 2 N–H and O–H groups in total. The summed E-state index contributed by atoms with van der Waals surface area (Å²) < 4.78 is 0. The Balaban J connectivity index is 0.000000845. The standard InChI is InChI=1S/C11H15N.ClH/c1-7-3-4-8(2)11-9(7)5-6-10(11)12;/h3-4,10H,5-6,12H2,1-2H3;1H. The molecule has 2 rings (SSSR count). The first-order valence-corrected chi connectivity index (χ1v) is 4.54. The fourth-order valence-corrected chi connectivity index (χ4v) is 2.18. The second kappa shape index (κ2) is 3.69. The number of nitrogens with two attached hydrogens (primary N) is 1. The summed E-state index contributed by atoms with van der Waals surface area (Å²) in [4.78, 5) is 0. The van der Waals surface area contributed by atoms with Crippen LogP contribution in [0.3, 0.4) is 0 Å². The van der Waals surface area contributed by atoms with Crippen LogP contribution in [0, 0.1) is 13.8 Å². The van der Waals surface area contributed by atoms with E-state index >= 15 is 0 Å². The summed E-state index contributed by atoms with van der Waals surface area (Å²) in [6, 6.07) is 4.67. The molecule has 1 atom stereocenters. The van der Waals surface area contributed by atoms with Crippen molar-refractivity contribution in [1.82, 2.24) is 0 Å². The Kier molecular flexibility index (Phi) is 2.99. The Labute approximate surface area is 85.7 Å². The van der Waals surface area contributed by atoms with E-state index in [1.54, 1.807) is 0 Å². The van der Waals surface area contributed by atoms with Crippen molar-refractivity contribution < 1.29 is 0 Å². The van der Waals surface area contributed by atoms with Gasteiger partial charge in [0.1, 0.15) is 0 Å². The van der Waals surface area contributed by atoms with Gasteiger partial charge >= 0.3 is 0 Å². The molecule has 1 aromatic carbocycles. The van der Waals surface area contributed by atoms with Crippen LogP contribution < -0.4 is 5.73 Å². The third kappa shape index (κ3) is 1.59. The number of hydrogen-bond acceptors (Lipinski definition) is 1. The van der Waals surface area contributed by atoms with Crippen LogP contribution >= 0.6 is 12.4 Å². The van der Waals surface area contributed by atoms with E-state index < -0.39 is 0 Å². The second-order valence-corrected chi connectivity index (χ2v) is 3.74. The summed E-state index contributed by atoms with van der Waals surface area (Å²) in [7, 11) is 0. The minimum atomic E-state index is 0. The summed E-state index contributed by atoms with van der Waals surface area (Å²) in [5.74, 6) is 0. The largest absolute Gasteiger partial charge is 0.324 e. The van der Waals surface area contributed by atoms with Gasteiger partial charge in [-0.25, -0.2) is 0 Å². The third-order valence-electron chi connectivity index (χ3n) is 2.89. The van der Waals surface area contributed by atoms with Gasteiger partial charge in [0, 0.05) is 6.04 Å². The number of halogens is 1. The van der Waals surface area contributed by atoms with E-state index in [-0.39, 0.29) is 12.4 Å². The SMILES string of the molecule is Cc1ccc(C)c2c1CCC2N.Cl. The molecule has 0 amide bonds. The van der Waals surface area contributed by atoms with E-state index in [0.29, 0.717) is 6.04 Å². The zero-order chi connectivity index (χ0) is 8.72. The van der Waals surface area contributed by atoms with Gasteiger partial charge in [-0.05, 0) is 48.9 Å². The minimum Gasteiger partial charge on any atom is -0.324 e. The first-order valence-electron chi connectivity index (χ1n) is 4.54. The van der Waals surface area contributed by atoms with Gasteiger partial charge in [0.15, 0.2) is 0 Å². The first kappa shape index (κ1) is 10.6. The molecule has 0 saturated heterocycles. The van der Waals surface area contributed by atoms with E-state index in [4.69, 9.17) is 5.73 Å². The van der Waals surface area contributed by atoms with Crippen LogP contribution in [-0.4, -0.2) is 0 Å². The molecule has 0 spiro atoms. The normalized spacial score (nSPS) is 19.5. The maximum Gasteiger partial charge on any atom is 0.0303 e. The van der Waals surface area contributed by atoms with Crippen LogP contribution in [0.5, 0.6) is 0 Å². The molecule has 0 fully saturated rings. The molecule has 2 heteroatoms. The third-order valence-corrected chi connectivity index (χ3v) is 2.89. The van der Waals surface area contributed by atoms with Crippen molar-refractivity contribution in [3.8, 4) is 0 Å². The fraction of sp³-hybridized carbons (Fsp3) is 0.455. The van der Waals surface area contributed by atoms with Crippen molar-refractivity contribution in [3.05, 3.63) is 34.4 Å². The van der Waals surface area contributed by atoms with Gasteiger partial charge in [-0.2, -0.15) is 0 Å². The topological polar surface area (TPSA) is 26.0 Å². The number of aryl methyl sites for hydroxylation is 2. The Morgan fingerprint density at radius 2 is 1.85 bits per heavy atom. The zero-order valence-electron chi connectivity index (χ0n) is 8.13. The van der Waals surface area contributed by atoms with Crippen molar-refractivity contribution in [2.75, 3.05) is 0 Å². The Bertz CT molecular complexity index is 320. The van der Waals surface area contributed by atoms with Crippen molar-refractivity contribution in [2.24, 2.45) is 5.73 Å². The average molecular weight is 198 g/mol. The Morgan fingerprint density at radius 3 is 2.46 bits per heavy atom. The van der Waals surface area contributed by atoms with Gasteiger partial charge in [0.25, 0.3) is 0 Å². The van der Waals surface area contributed by atoms with E-state index in [9.17, 15) is 0 Å². The molecule has 1 nitrogen and oxygen atoms in total. The average Bonchev–Trinajstić information content (AvgIpc) is 2.42. The van der Waals surface area contributed by atoms with E-state index in [0.717, 1.165) is 6.42 Å². The quantitative estimate of drug-likeness (QED) is 0.680. The van der Waals surface area contributed by atoms with Gasteiger partial charge in [0.2, 0.25) is 0 Å². The Hall–Kier alpha value is -0.530. The monoisotopic (exact) mass is 197 g/mol. The molecule has 1 aromatic rings. The smallest absolute Gasteiger partial charge is 0.0303 e. The van der Waals surface area contributed by atoms with Crippen molar-refractivity contribution in [3.63, 3.8) is 0 Å². The van der Waals surface area contributed by atoms with Gasteiger partial charge in [-0.15, -0.1) is 12.4 Å². The van der Waals surface area contributed by atoms with Crippen molar-refractivity contribution >= 4 is 12.4 Å². The predicted molar refractivity (Wildman–Crippen MR) is 58.4 cm³/mol. The lowest BCUT2D eigenvalue weighted by Crippen LogP contribution is -2.07. The summed E-state index contributed by atoms with van der Waals surface area (Å²) >= 11 is 0. The minimum absolute atomic E-state index is 0. The molecule has 1 aliphatic rings. The van der Waals surface area contributed by atoms with Crippen LogP contribution in [0.4, 0.5) is 0 Å². The van der Waals surface area contributed by atoms with Crippen LogP contribution in [0.2, 0.25) is 0 Å². The molecule has 13 heavy (non-hydrogen) atoms. The van der Waals surface area contributed by atoms with Gasteiger partial charge in [-0.1, -0.05) is 12.1 Å². The fourth-order valence-electron chi connectivity index (χ4n) is 2.18. The zero-order valence-corrected chi connectivity index (χ0v) is 8.95. The van der Waals surface area contributed by atoms with E-state index in [1.807, 2.05) is 0 Å². The van der Waals surface area contributed by atoms with Crippen LogP contribution in [-0.2, 0) is 6.42 Å². The maximum atomic E-state index is 6.02. The van der Waals surface area contributed by atoms with Crippen molar-refractivity contribution in [2.45, 2.75) is 32.7 Å². The number of rotatable bonds is 0. The lowest BCUT2D eigenvalue weighted by molar-refractivity contribution is 0.710. The summed E-state index contributed by atoms with van der Waals surface area (Å²) in [5, 5.41) is 0. The second-order valence-electron chi connectivity index (χ2n) is 3.74. The summed E-state index contributed by atoms with van der Waals surface area (Å²) in [6.45, 7) is 4.33. The highest BCUT2D eigenvalue weighted by molar-refractivity contribution is 5.85. The molecule has 0 radical (unpaired) electrons. The molecular formula is C11H16ClN. The molecule has 72 valence electrons. The molecule has 0 aliphatic heterocycles. The van der Waals surface area contributed by atoms with Gasteiger partial charge < -0.3 is 5.73 Å². The highest BCUT2D eigenvalue weighted by Crippen LogP contribution is 2.33. The van der Waals surface area contributed by atoms with Gasteiger partial charge in [-0.3, -0.25) is 0 Å². The molecule has 0 heterocycles. The Morgan fingerprint density at radius 1 is 1.23 bits per heavy atom. The molecule has 0 bridgehead atoms. The predicted octanol–water partition coefficient (Wildman–Crippen LogP) is 2.67. The number of hydrogen-bond donors (Lipinski definition) is 1. The highest BCUT2D eigenvalue weighted by atomic mass is 35.5. The summed E-state index contributed by atoms with van der Waals surface area (Å²) in [6.07, 6.45) is 2.30. The van der Waals surface area contributed by atoms with Gasteiger partial charge in [0.05, 0.1) is 0 Å². The van der Waals surface area contributed by atoms with E-state index in [1.165, 1.54) is 28.7 Å². The van der Waals surface area contributed by atoms with Crippen LogP contribution in [0.25, 0.3) is 0 Å². The summed E-state index contributed by atoms with van der Waals surface area (Å²) in [5.41, 5.74) is 11.7. The first-order chi connectivity index (χ1) is 5.70. The van der Waals surface area contributed by atoms with Crippen molar-refractivity contribution in [1.29, 1.82) is 0 Å².